The van der Waals surface area contributed by atoms with Gasteiger partial charge in [0.25, 0.3) is 0 Å². The lowest BCUT2D eigenvalue weighted by atomic mass is 10.2. The second kappa shape index (κ2) is 4.99. The number of para-hydroxylation sites is 1. The summed E-state index contributed by atoms with van der Waals surface area (Å²) in [4.78, 5) is 19.2. The van der Waals surface area contributed by atoms with Crippen molar-refractivity contribution in [2.45, 2.75) is 9.24 Å². The van der Waals surface area contributed by atoms with E-state index in [4.69, 9.17) is 5.11 Å². The zero-order valence-corrected chi connectivity index (χ0v) is 11.2. The lowest BCUT2D eigenvalue weighted by molar-refractivity contribution is 0.0683. The fraction of sp³-hybridized carbons (Fsp3) is 0. The van der Waals surface area contributed by atoms with Gasteiger partial charge in [0.2, 0.25) is 5.82 Å². The first-order valence-corrected chi connectivity index (χ1v) is 7.15. The number of thiophene rings is 1. The molecule has 0 spiro atoms. The molecule has 1 N–H and O–H groups in total. The van der Waals surface area contributed by atoms with Crippen LogP contribution in [0.3, 0.4) is 0 Å². The number of fused-ring (bicyclic) bond motifs is 1. The van der Waals surface area contributed by atoms with Crippen LogP contribution in [0.25, 0.3) is 10.9 Å². The predicted molar refractivity (Wildman–Crippen MR) is 74.9 cm³/mol. The topological polar surface area (TPSA) is 63.1 Å². The molecule has 4 nitrogen and oxygen atoms in total. The van der Waals surface area contributed by atoms with E-state index in [1.807, 2.05) is 35.7 Å². The molecule has 0 saturated heterocycles. The van der Waals surface area contributed by atoms with Crippen LogP contribution in [0.2, 0.25) is 0 Å². The molecule has 2 heterocycles. The predicted octanol–water partition coefficient (Wildman–Crippen LogP) is 3.54. The molecular weight excluding hydrogens is 280 g/mol. The van der Waals surface area contributed by atoms with Gasteiger partial charge < -0.3 is 5.11 Å². The van der Waals surface area contributed by atoms with Crippen molar-refractivity contribution in [1.82, 2.24) is 9.97 Å². The Labute approximate surface area is 117 Å². The molecule has 0 atom stereocenters. The van der Waals surface area contributed by atoms with Crippen molar-refractivity contribution in [3.8, 4) is 0 Å². The highest BCUT2D eigenvalue weighted by Crippen LogP contribution is 2.34. The van der Waals surface area contributed by atoms with Crippen molar-refractivity contribution in [3.63, 3.8) is 0 Å². The average Bonchev–Trinajstić information content (AvgIpc) is 2.91. The van der Waals surface area contributed by atoms with Crippen LogP contribution in [-0.2, 0) is 0 Å². The van der Waals surface area contributed by atoms with Gasteiger partial charge in [-0.2, -0.15) is 0 Å². The summed E-state index contributed by atoms with van der Waals surface area (Å²) < 4.78 is 1.07. The van der Waals surface area contributed by atoms with Crippen LogP contribution in [0.5, 0.6) is 0 Å². The number of benzene rings is 1. The number of aromatic nitrogens is 2. The SMILES string of the molecule is O=C(O)c1nc(Sc2cccs2)c2ccccc2n1. The van der Waals surface area contributed by atoms with E-state index < -0.39 is 5.97 Å². The molecule has 3 aromatic rings. The zero-order chi connectivity index (χ0) is 13.2. The van der Waals surface area contributed by atoms with E-state index >= 15 is 0 Å². The standard InChI is InChI=1S/C13H8N2O2S2/c16-13(17)11-14-9-5-2-1-4-8(9)12(15-11)19-10-6-3-7-18-10/h1-7H,(H,16,17). The molecule has 0 saturated carbocycles. The highest BCUT2D eigenvalue weighted by Gasteiger charge is 2.13. The molecule has 0 aliphatic rings. The quantitative estimate of drug-likeness (QED) is 0.747. The van der Waals surface area contributed by atoms with E-state index in [1.54, 1.807) is 17.4 Å². The molecule has 0 fully saturated rings. The zero-order valence-electron chi connectivity index (χ0n) is 9.61. The third kappa shape index (κ3) is 2.45. The fourth-order valence-corrected chi connectivity index (χ4v) is 3.43. The summed E-state index contributed by atoms with van der Waals surface area (Å²) in [5, 5.41) is 12.6. The number of nitrogens with zero attached hydrogens (tertiary/aromatic N) is 2. The van der Waals surface area contributed by atoms with Gasteiger partial charge in [-0.3, -0.25) is 0 Å². The summed E-state index contributed by atoms with van der Waals surface area (Å²) in [6.07, 6.45) is 0. The van der Waals surface area contributed by atoms with E-state index in [1.165, 1.54) is 11.8 Å². The molecule has 0 aliphatic carbocycles. The van der Waals surface area contributed by atoms with Crippen molar-refractivity contribution in [1.29, 1.82) is 0 Å². The van der Waals surface area contributed by atoms with Gasteiger partial charge in [0, 0.05) is 5.39 Å². The number of hydrogen-bond donors (Lipinski definition) is 1. The first-order chi connectivity index (χ1) is 9.24. The van der Waals surface area contributed by atoms with Gasteiger partial charge in [-0.25, -0.2) is 14.8 Å². The highest BCUT2D eigenvalue weighted by molar-refractivity contribution is 8.01. The van der Waals surface area contributed by atoms with Crippen LogP contribution in [0.1, 0.15) is 10.6 Å². The molecule has 3 rings (SSSR count). The molecule has 0 radical (unpaired) electrons. The summed E-state index contributed by atoms with van der Waals surface area (Å²) in [6.45, 7) is 0. The fourth-order valence-electron chi connectivity index (χ4n) is 1.64. The molecule has 94 valence electrons. The second-order valence-corrected chi connectivity index (χ2v) is 5.95. The van der Waals surface area contributed by atoms with Gasteiger partial charge in [0.1, 0.15) is 5.03 Å². The van der Waals surface area contributed by atoms with Crippen LogP contribution < -0.4 is 0 Å². The number of carboxylic acid groups (broad SMARTS) is 1. The van der Waals surface area contributed by atoms with Crippen LogP contribution in [-0.4, -0.2) is 21.0 Å². The molecule has 1 aromatic carbocycles. The van der Waals surface area contributed by atoms with Gasteiger partial charge >= 0.3 is 5.97 Å². The third-order valence-electron chi connectivity index (χ3n) is 2.45. The minimum atomic E-state index is -1.11. The number of aromatic carboxylic acids is 1. The molecule has 0 amide bonds. The number of carbonyl (C=O) groups is 1. The minimum Gasteiger partial charge on any atom is -0.475 e. The smallest absolute Gasteiger partial charge is 0.373 e. The monoisotopic (exact) mass is 288 g/mol. The van der Waals surface area contributed by atoms with Gasteiger partial charge in [0.05, 0.1) is 9.73 Å². The molecule has 19 heavy (non-hydrogen) atoms. The van der Waals surface area contributed by atoms with E-state index in [0.29, 0.717) is 10.5 Å². The molecule has 6 heteroatoms. The summed E-state index contributed by atoms with van der Waals surface area (Å²) in [5.74, 6) is -1.28. The Balaban J connectivity index is 2.17. The largest absolute Gasteiger partial charge is 0.475 e. The Hall–Kier alpha value is -1.92. The maximum Gasteiger partial charge on any atom is 0.373 e. The molecule has 0 bridgehead atoms. The Morgan fingerprint density at radius 1 is 1.16 bits per heavy atom. The highest BCUT2D eigenvalue weighted by atomic mass is 32.2. The van der Waals surface area contributed by atoms with E-state index in [0.717, 1.165) is 9.60 Å². The maximum atomic E-state index is 11.1. The molecule has 0 unspecified atom stereocenters. The summed E-state index contributed by atoms with van der Waals surface area (Å²) in [6, 6.07) is 11.4. The molecule has 2 aromatic heterocycles. The van der Waals surface area contributed by atoms with Crippen molar-refractivity contribution in [2.24, 2.45) is 0 Å². The lowest BCUT2D eigenvalue weighted by Gasteiger charge is -2.05. The van der Waals surface area contributed by atoms with Crippen molar-refractivity contribution < 1.29 is 9.90 Å². The second-order valence-electron chi connectivity index (χ2n) is 3.71. The summed E-state index contributed by atoms with van der Waals surface area (Å²) in [7, 11) is 0. The van der Waals surface area contributed by atoms with Crippen molar-refractivity contribution in [3.05, 3.63) is 47.6 Å². The molecule has 0 aliphatic heterocycles. The Morgan fingerprint density at radius 2 is 2.00 bits per heavy atom. The lowest BCUT2D eigenvalue weighted by Crippen LogP contribution is -2.05. The van der Waals surface area contributed by atoms with E-state index in [9.17, 15) is 4.79 Å². The average molecular weight is 288 g/mol. The van der Waals surface area contributed by atoms with Crippen LogP contribution >= 0.6 is 23.1 Å². The van der Waals surface area contributed by atoms with E-state index in [-0.39, 0.29) is 5.82 Å². The number of rotatable bonds is 3. The third-order valence-corrected chi connectivity index (χ3v) is 4.49. The van der Waals surface area contributed by atoms with Crippen LogP contribution in [0.15, 0.2) is 51.0 Å². The minimum absolute atomic E-state index is 0.169. The van der Waals surface area contributed by atoms with Gasteiger partial charge in [-0.05, 0) is 17.5 Å². The first-order valence-electron chi connectivity index (χ1n) is 5.45. The maximum absolute atomic E-state index is 11.1. The Morgan fingerprint density at radius 3 is 2.74 bits per heavy atom. The Kier molecular flexibility index (Phi) is 3.18. The Bertz CT molecular complexity index is 741. The van der Waals surface area contributed by atoms with E-state index in [2.05, 4.69) is 9.97 Å². The molecular formula is C13H8N2O2S2. The number of hydrogen-bond acceptors (Lipinski definition) is 5. The van der Waals surface area contributed by atoms with Crippen LogP contribution in [0, 0.1) is 0 Å². The van der Waals surface area contributed by atoms with Gasteiger partial charge in [0.15, 0.2) is 0 Å². The van der Waals surface area contributed by atoms with Crippen LogP contribution in [0.4, 0.5) is 0 Å². The van der Waals surface area contributed by atoms with Gasteiger partial charge in [-0.1, -0.05) is 36.0 Å². The first kappa shape index (κ1) is 12.1. The number of carboxylic acids is 1. The van der Waals surface area contributed by atoms with Crippen molar-refractivity contribution in [2.75, 3.05) is 0 Å². The summed E-state index contributed by atoms with van der Waals surface area (Å²) >= 11 is 3.06. The summed E-state index contributed by atoms with van der Waals surface area (Å²) in [5.41, 5.74) is 0.647. The van der Waals surface area contributed by atoms with Crippen molar-refractivity contribution >= 4 is 40.0 Å². The normalized spacial score (nSPS) is 10.7. The van der Waals surface area contributed by atoms with Gasteiger partial charge in [-0.15, -0.1) is 11.3 Å².